The van der Waals surface area contributed by atoms with Crippen molar-refractivity contribution < 1.29 is 31.4 Å². The third-order valence-electron chi connectivity index (χ3n) is 6.85. The molecule has 0 bridgehead atoms. The fourth-order valence-corrected chi connectivity index (χ4v) is 5.19. The number of halogens is 6. The Labute approximate surface area is 221 Å². The fourth-order valence-electron chi connectivity index (χ4n) is 4.83. The second-order valence-corrected chi connectivity index (χ2v) is 9.63. The molecule has 1 aromatic heterocycles. The van der Waals surface area contributed by atoms with Crippen molar-refractivity contribution in [1.82, 2.24) is 14.3 Å². The summed E-state index contributed by atoms with van der Waals surface area (Å²) in [5.41, 5.74) is 0.490. The molecule has 38 heavy (non-hydrogen) atoms. The van der Waals surface area contributed by atoms with Crippen LogP contribution in [0.4, 0.5) is 22.0 Å². The van der Waals surface area contributed by atoms with E-state index in [4.69, 9.17) is 16.3 Å². The quantitative estimate of drug-likeness (QED) is 0.306. The number of piperidine rings is 1. The number of hydrogen-bond acceptors (Lipinski definition) is 4. The summed E-state index contributed by atoms with van der Waals surface area (Å²) in [6.07, 6.45) is -2.26. The van der Waals surface area contributed by atoms with E-state index >= 15 is 0 Å². The molecule has 0 amide bonds. The van der Waals surface area contributed by atoms with Gasteiger partial charge in [-0.25, -0.2) is 13.5 Å². The number of nitrogens with zero attached hydrogens (tertiary/aromatic N) is 3. The molecule has 3 aromatic rings. The van der Waals surface area contributed by atoms with Crippen LogP contribution in [-0.2, 0) is 7.05 Å². The maximum atomic E-state index is 13.3. The van der Waals surface area contributed by atoms with Gasteiger partial charge in [-0.2, -0.15) is 0 Å². The van der Waals surface area contributed by atoms with Gasteiger partial charge >= 0.3 is 6.36 Å². The highest BCUT2D eigenvalue weighted by Crippen LogP contribution is 2.32. The van der Waals surface area contributed by atoms with Crippen LogP contribution in [-0.4, -0.2) is 40.3 Å². The summed E-state index contributed by atoms with van der Waals surface area (Å²) < 4.78 is 76.2. The summed E-state index contributed by atoms with van der Waals surface area (Å²) in [4.78, 5) is 15.2. The van der Waals surface area contributed by atoms with Gasteiger partial charge in [0.25, 0.3) is 5.56 Å². The van der Waals surface area contributed by atoms with E-state index < -0.39 is 23.6 Å². The van der Waals surface area contributed by atoms with Gasteiger partial charge in [0.05, 0.1) is 24.0 Å². The molecule has 1 aliphatic rings. The third-order valence-corrected chi connectivity index (χ3v) is 7.20. The van der Waals surface area contributed by atoms with E-state index in [1.807, 2.05) is 6.92 Å². The molecule has 1 aliphatic heterocycles. The summed E-state index contributed by atoms with van der Waals surface area (Å²) in [7, 11) is 1.68. The van der Waals surface area contributed by atoms with Crippen LogP contribution in [0.1, 0.15) is 37.9 Å². The number of rotatable bonds is 8. The number of benzene rings is 2. The lowest BCUT2D eigenvalue weighted by Gasteiger charge is -2.36. The number of hydrogen-bond donors (Lipinski definition) is 0. The Kier molecular flexibility index (Phi) is 8.37. The topological polar surface area (TPSA) is 48.6 Å². The van der Waals surface area contributed by atoms with Crippen molar-refractivity contribution in [3.63, 3.8) is 0 Å². The van der Waals surface area contributed by atoms with Crippen LogP contribution in [0.2, 0.25) is 5.02 Å². The smallest absolute Gasteiger partial charge is 0.493 e. The van der Waals surface area contributed by atoms with Crippen molar-refractivity contribution in [2.24, 2.45) is 13.0 Å². The van der Waals surface area contributed by atoms with Gasteiger partial charge in [-0.3, -0.25) is 14.4 Å². The lowest BCUT2D eigenvalue weighted by Crippen LogP contribution is -2.37. The number of ether oxygens (including phenoxy) is 2. The highest BCUT2D eigenvalue weighted by molar-refractivity contribution is 6.31. The number of likely N-dealkylation sites (tertiary alicyclic amines) is 1. The summed E-state index contributed by atoms with van der Waals surface area (Å²) in [5, 5.41) is 0.0534. The minimum atomic E-state index is -4.81. The zero-order valence-electron chi connectivity index (χ0n) is 20.8. The van der Waals surface area contributed by atoms with Crippen LogP contribution in [0.25, 0.3) is 5.69 Å². The number of alkyl halides is 3. The van der Waals surface area contributed by atoms with Crippen molar-refractivity contribution in [3.8, 4) is 17.2 Å². The van der Waals surface area contributed by atoms with Crippen LogP contribution < -0.4 is 15.0 Å². The molecule has 1 saturated heterocycles. The van der Waals surface area contributed by atoms with E-state index in [2.05, 4.69) is 9.64 Å². The molecule has 0 aliphatic carbocycles. The summed E-state index contributed by atoms with van der Waals surface area (Å²) in [6.45, 7) is 3.87. The van der Waals surface area contributed by atoms with Crippen LogP contribution in [0.15, 0.2) is 47.3 Å². The molecule has 0 radical (unpaired) electrons. The standard InChI is InChI=1S/C26H27ClF5N3O3/c1-16(34-12-9-17(10-13-34)11-14-37-20-7-8-21(28)22(29)15-20)24-23(27)25(36)35(33(24)2)18-3-5-19(6-4-18)38-26(30,31)32/h3-8,15-17H,9-14H2,1-2H3. The lowest BCUT2D eigenvalue weighted by atomic mass is 9.93. The largest absolute Gasteiger partial charge is 0.573 e. The molecule has 6 nitrogen and oxygen atoms in total. The second kappa shape index (κ2) is 11.4. The van der Waals surface area contributed by atoms with Gasteiger partial charge in [0.2, 0.25) is 0 Å². The van der Waals surface area contributed by atoms with E-state index in [-0.39, 0.29) is 22.6 Å². The van der Waals surface area contributed by atoms with Crippen LogP contribution in [0, 0.1) is 17.6 Å². The molecular weight excluding hydrogens is 533 g/mol. The van der Waals surface area contributed by atoms with Gasteiger partial charge in [-0.15, -0.1) is 13.2 Å². The molecule has 1 atom stereocenters. The highest BCUT2D eigenvalue weighted by Gasteiger charge is 2.32. The first-order valence-electron chi connectivity index (χ1n) is 12.1. The van der Waals surface area contributed by atoms with Crippen LogP contribution in [0.5, 0.6) is 11.5 Å². The Balaban J connectivity index is 1.37. The van der Waals surface area contributed by atoms with Crippen molar-refractivity contribution in [2.75, 3.05) is 19.7 Å². The van der Waals surface area contributed by atoms with Crippen LogP contribution >= 0.6 is 11.6 Å². The van der Waals surface area contributed by atoms with Gasteiger partial charge < -0.3 is 9.47 Å². The van der Waals surface area contributed by atoms with Crippen molar-refractivity contribution in [2.45, 2.75) is 38.6 Å². The molecule has 1 fully saturated rings. The summed E-state index contributed by atoms with van der Waals surface area (Å²) in [6, 6.07) is 8.28. The van der Waals surface area contributed by atoms with E-state index in [0.29, 0.717) is 23.9 Å². The second-order valence-electron chi connectivity index (χ2n) is 9.25. The molecular formula is C26H27ClF5N3O3. The zero-order chi connectivity index (χ0) is 27.6. The Morgan fingerprint density at radius 3 is 2.26 bits per heavy atom. The van der Waals surface area contributed by atoms with Crippen molar-refractivity contribution >= 4 is 11.6 Å². The predicted octanol–water partition coefficient (Wildman–Crippen LogP) is 6.25. The first kappa shape index (κ1) is 28.0. The van der Waals surface area contributed by atoms with E-state index in [9.17, 15) is 26.7 Å². The Morgan fingerprint density at radius 2 is 1.66 bits per heavy atom. The van der Waals surface area contributed by atoms with E-state index in [0.717, 1.165) is 56.6 Å². The SMILES string of the molecule is CC(c1c(Cl)c(=O)n(-c2ccc(OC(F)(F)F)cc2)n1C)N1CCC(CCOc2ccc(F)c(F)c2)CC1. The molecule has 2 heterocycles. The molecule has 206 valence electrons. The van der Waals surface area contributed by atoms with Gasteiger partial charge in [0.1, 0.15) is 16.5 Å². The fraction of sp³-hybridized carbons (Fsp3) is 0.423. The molecule has 1 unspecified atom stereocenters. The Bertz CT molecular complexity index is 1320. The van der Waals surface area contributed by atoms with Crippen LogP contribution in [0.3, 0.4) is 0 Å². The van der Waals surface area contributed by atoms with Crippen molar-refractivity contribution in [1.29, 1.82) is 0 Å². The Morgan fingerprint density at radius 1 is 1.03 bits per heavy atom. The van der Waals surface area contributed by atoms with Gasteiger partial charge in [-0.1, -0.05) is 11.6 Å². The maximum absolute atomic E-state index is 13.3. The predicted molar refractivity (Wildman–Crippen MR) is 132 cm³/mol. The van der Waals surface area contributed by atoms with E-state index in [1.54, 1.807) is 11.7 Å². The lowest BCUT2D eigenvalue weighted by molar-refractivity contribution is -0.274. The summed E-state index contributed by atoms with van der Waals surface area (Å²) >= 11 is 6.46. The minimum absolute atomic E-state index is 0.0534. The molecule has 2 aromatic carbocycles. The number of aromatic nitrogens is 2. The monoisotopic (exact) mass is 559 g/mol. The zero-order valence-corrected chi connectivity index (χ0v) is 21.5. The first-order valence-corrected chi connectivity index (χ1v) is 12.5. The first-order chi connectivity index (χ1) is 17.9. The molecule has 12 heteroatoms. The highest BCUT2D eigenvalue weighted by atomic mass is 35.5. The Hall–Kier alpha value is -3.05. The van der Waals surface area contributed by atoms with Gasteiger partial charge in [-0.05, 0) is 81.6 Å². The average molecular weight is 560 g/mol. The molecule has 4 rings (SSSR count). The minimum Gasteiger partial charge on any atom is -0.493 e. The summed E-state index contributed by atoms with van der Waals surface area (Å²) in [5.74, 6) is -1.57. The van der Waals surface area contributed by atoms with Gasteiger partial charge in [0.15, 0.2) is 11.6 Å². The third kappa shape index (κ3) is 6.32. The average Bonchev–Trinajstić information content (AvgIpc) is 3.08. The van der Waals surface area contributed by atoms with Gasteiger partial charge in [0, 0.05) is 13.1 Å². The van der Waals surface area contributed by atoms with Crippen molar-refractivity contribution in [3.05, 3.63) is 75.2 Å². The molecule has 0 spiro atoms. The maximum Gasteiger partial charge on any atom is 0.573 e. The normalized spacial score (nSPS) is 16.0. The molecule has 0 saturated carbocycles. The van der Waals surface area contributed by atoms with E-state index in [1.165, 1.54) is 22.9 Å². The molecule has 0 N–H and O–H groups in total.